The van der Waals surface area contributed by atoms with Crippen LogP contribution in [0, 0.1) is 12.8 Å². The van der Waals surface area contributed by atoms with Gasteiger partial charge < -0.3 is 11.1 Å². The molecule has 98 valence electrons. The molecule has 1 aliphatic rings. The van der Waals surface area contributed by atoms with Gasteiger partial charge in [0.25, 0.3) is 0 Å². The second-order valence-corrected chi connectivity index (χ2v) is 5.41. The van der Waals surface area contributed by atoms with Gasteiger partial charge in [0.2, 0.25) is 5.91 Å². The Hall–Kier alpha value is -1.35. The zero-order chi connectivity index (χ0) is 13.1. The Balaban J connectivity index is 1.84. The third-order valence-corrected chi connectivity index (χ3v) is 3.60. The van der Waals surface area contributed by atoms with E-state index < -0.39 is 0 Å². The fourth-order valence-corrected chi connectivity index (χ4v) is 2.14. The van der Waals surface area contributed by atoms with Gasteiger partial charge in [0.05, 0.1) is 6.04 Å². The molecule has 0 saturated heterocycles. The van der Waals surface area contributed by atoms with E-state index in [1.54, 1.807) is 0 Å². The summed E-state index contributed by atoms with van der Waals surface area (Å²) in [6, 6.07) is 8.32. The van der Waals surface area contributed by atoms with Crippen molar-refractivity contribution in [3.05, 3.63) is 35.4 Å². The second-order valence-electron chi connectivity index (χ2n) is 5.41. The molecule has 1 fully saturated rings. The molecule has 2 rings (SSSR count). The Kier molecular flexibility index (Phi) is 4.02. The van der Waals surface area contributed by atoms with Crippen molar-refractivity contribution in [1.82, 2.24) is 5.32 Å². The van der Waals surface area contributed by atoms with E-state index in [0.717, 1.165) is 5.56 Å². The highest BCUT2D eigenvalue weighted by Gasteiger charge is 2.29. The summed E-state index contributed by atoms with van der Waals surface area (Å²) < 4.78 is 0. The molecule has 1 aromatic carbocycles. The van der Waals surface area contributed by atoms with Gasteiger partial charge in [-0.3, -0.25) is 4.79 Å². The van der Waals surface area contributed by atoms with Crippen molar-refractivity contribution in [1.29, 1.82) is 0 Å². The van der Waals surface area contributed by atoms with Crippen molar-refractivity contribution in [3.63, 3.8) is 0 Å². The molecule has 0 radical (unpaired) electrons. The van der Waals surface area contributed by atoms with Crippen LogP contribution in [-0.4, -0.2) is 11.9 Å². The number of nitrogens with two attached hydrogens (primary N) is 1. The zero-order valence-electron chi connectivity index (χ0n) is 11.1. The van der Waals surface area contributed by atoms with Crippen LogP contribution in [0.2, 0.25) is 0 Å². The maximum absolute atomic E-state index is 11.8. The predicted octanol–water partition coefficient (Wildman–Crippen LogP) is 2.30. The summed E-state index contributed by atoms with van der Waals surface area (Å²) in [4.78, 5) is 11.8. The summed E-state index contributed by atoms with van der Waals surface area (Å²) in [5, 5.41) is 3.01. The van der Waals surface area contributed by atoms with Crippen LogP contribution < -0.4 is 11.1 Å². The van der Waals surface area contributed by atoms with Crippen molar-refractivity contribution < 1.29 is 4.79 Å². The van der Waals surface area contributed by atoms with Crippen molar-refractivity contribution in [2.24, 2.45) is 11.7 Å². The molecule has 1 aromatic rings. The molecule has 1 aliphatic carbocycles. The number of hydrogen-bond donors (Lipinski definition) is 2. The summed E-state index contributed by atoms with van der Waals surface area (Å²) in [6.07, 6.45) is 2.81. The van der Waals surface area contributed by atoms with Gasteiger partial charge in [0.1, 0.15) is 0 Å². The minimum atomic E-state index is 0.0372. The summed E-state index contributed by atoms with van der Waals surface area (Å²) in [7, 11) is 0. The van der Waals surface area contributed by atoms with E-state index in [-0.39, 0.29) is 18.0 Å². The molecule has 0 aliphatic heterocycles. The van der Waals surface area contributed by atoms with Crippen LogP contribution in [0.1, 0.15) is 43.4 Å². The van der Waals surface area contributed by atoms with Crippen LogP contribution in [-0.2, 0) is 4.79 Å². The maximum Gasteiger partial charge on any atom is 0.222 e. The Bertz CT molecular complexity index is 409. The SMILES string of the molecule is Cc1ccc([C@@H](C)NC(=O)CC(N)C2CC2)cc1. The number of hydrogen-bond acceptors (Lipinski definition) is 2. The summed E-state index contributed by atoms with van der Waals surface area (Å²) in [5.74, 6) is 0.632. The average Bonchev–Trinajstić information content (AvgIpc) is 3.13. The van der Waals surface area contributed by atoms with Crippen molar-refractivity contribution >= 4 is 5.91 Å². The molecule has 1 saturated carbocycles. The van der Waals surface area contributed by atoms with Gasteiger partial charge in [0.15, 0.2) is 0 Å². The van der Waals surface area contributed by atoms with E-state index in [2.05, 4.69) is 36.5 Å². The highest BCUT2D eigenvalue weighted by Crippen LogP contribution is 2.32. The van der Waals surface area contributed by atoms with E-state index >= 15 is 0 Å². The minimum absolute atomic E-state index is 0.0372. The van der Waals surface area contributed by atoms with Crippen molar-refractivity contribution in [3.8, 4) is 0 Å². The molecule has 1 unspecified atom stereocenters. The van der Waals surface area contributed by atoms with Crippen LogP contribution in [0.15, 0.2) is 24.3 Å². The predicted molar refractivity (Wildman–Crippen MR) is 73.1 cm³/mol. The quantitative estimate of drug-likeness (QED) is 0.837. The molecule has 1 amide bonds. The molecular weight excluding hydrogens is 224 g/mol. The van der Waals surface area contributed by atoms with Crippen LogP contribution in [0.3, 0.4) is 0 Å². The molecule has 0 bridgehead atoms. The van der Waals surface area contributed by atoms with Gasteiger partial charge in [-0.1, -0.05) is 29.8 Å². The van der Waals surface area contributed by atoms with Crippen LogP contribution in [0.25, 0.3) is 0 Å². The summed E-state index contributed by atoms with van der Waals surface area (Å²) in [5.41, 5.74) is 8.32. The van der Waals surface area contributed by atoms with Gasteiger partial charge in [-0.05, 0) is 38.2 Å². The lowest BCUT2D eigenvalue weighted by Crippen LogP contribution is -2.34. The molecule has 3 heteroatoms. The van der Waals surface area contributed by atoms with Crippen molar-refractivity contribution in [2.75, 3.05) is 0 Å². The molecule has 0 aromatic heterocycles. The van der Waals surface area contributed by atoms with E-state index in [0.29, 0.717) is 12.3 Å². The van der Waals surface area contributed by atoms with E-state index in [1.807, 2.05) is 6.92 Å². The monoisotopic (exact) mass is 246 g/mol. The third-order valence-electron chi connectivity index (χ3n) is 3.60. The first-order valence-corrected chi connectivity index (χ1v) is 6.68. The number of carbonyl (C=O) groups is 1. The van der Waals surface area contributed by atoms with E-state index in [9.17, 15) is 4.79 Å². The lowest BCUT2D eigenvalue weighted by molar-refractivity contribution is -0.122. The first-order chi connectivity index (χ1) is 8.56. The fraction of sp³-hybridized carbons (Fsp3) is 0.533. The van der Waals surface area contributed by atoms with Gasteiger partial charge in [0, 0.05) is 12.5 Å². The number of rotatable bonds is 5. The molecule has 0 spiro atoms. The smallest absolute Gasteiger partial charge is 0.222 e. The molecule has 3 N–H and O–H groups in total. The first-order valence-electron chi connectivity index (χ1n) is 6.68. The molecular formula is C15H22N2O. The number of aryl methyl sites for hydroxylation is 1. The van der Waals surface area contributed by atoms with Crippen LogP contribution in [0.4, 0.5) is 0 Å². The molecule has 2 atom stereocenters. The number of nitrogens with one attached hydrogen (secondary N) is 1. The van der Waals surface area contributed by atoms with Crippen LogP contribution in [0.5, 0.6) is 0 Å². The summed E-state index contributed by atoms with van der Waals surface area (Å²) in [6.45, 7) is 4.06. The van der Waals surface area contributed by atoms with E-state index in [1.165, 1.54) is 18.4 Å². The zero-order valence-corrected chi connectivity index (χ0v) is 11.1. The Morgan fingerprint density at radius 1 is 1.39 bits per heavy atom. The lowest BCUT2D eigenvalue weighted by Gasteiger charge is -2.16. The topological polar surface area (TPSA) is 55.1 Å². The van der Waals surface area contributed by atoms with Crippen LogP contribution >= 0.6 is 0 Å². The minimum Gasteiger partial charge on any atom is -0.350 e. The molecule has 3 nitrogen and oxygen atoms in total. The standard InChI is InChI=1S/C15H22N2O/c1-10-3-5-12(6-4-10)11(2)17-15(18)9-14(16)13-7-8-13/h3-6,11,13-14H,7-9,16H2,1-2H3,(H,17,18)/t11-,14?/m1/s1. The number of amides is 1. The third kappa shape index (κ3) is 3.57. The van der Waals surface area contributed by atoms with Gasteiger partial charge in [-0.25, -0.2) is 0 Å². The van der Waals surface area contributed by atoms with Gasteiger partial charge in [-0.2, -0.15) is 0 Å². The highest BCUT2D eigenvalue weighted by atomic mass is 16.1. The number of carbonyl (C=O) groups excluding carboxylic acids is 1. The van der Waals surface area contributed by atoms with Crippen molar-refractivity contribution in [2.45, 2.75) is 45.2 Å². The Labute approximate surface area is 109 Å². The molecule has 0 heterocycles. The van der Waals surface area contributed by atoms with Gasteiger partial charge >= 0.3 is 0 Å². The average molecular weight is 246 g/mol. The maximum atomic E-state index is 11.8. The molecule has 18 heavy (non-hydrogen) atoms. The number of benzene rings is 1. The first kappa shape index (κ1) is 13.1. The Morgan fingerprint density at radius 2 is 2.00 bits per heavy atom. The largest absolute Gasteiger partial charge is 0.350 e. The Morgan fingerprint density at radius 3 is 2.56 bits per heavy atom. The fourth-order valence-electron chi connectivity index (χ4n) is 2.14. The summed E-state index contributed by atoms with van der Waals surface area (Å²) >= 11 is 0. The lowest BCUT2D eigenvalue weighted by atomic mass is 10.1. The van der Waals surface area contributed by atoms with E-state index in [4.69, 9.17) is 5.73 Å². The normalized spacial score (nSPS) is 18.2. The second kappa shape index (κ2) is 5.53. The highest BCUT2D eigenvalue weighted by molar-refractivity contribution is 5.77. The van der Waals surface area contributed by atoms with Gasteiger partial charge in [-0.15, -0.1) is 0 Å².